The number of aromatic nitrogens is 1. The van der Waals surface area contributed by atoms with Crippen molar-refractivity contribution in [2.75, 3.05) is 5.32 Å². The van der Waals surface area contributed by atoms with Crippen LogP contribution in [0.3, 0.4) is 0 Å². The van der Waals surface area contributed by atoms with E-state index < -0.39 is 4.92 Å². The van der Waals surface area contributed by atoms with Crippen LogP contribution in [0, 0.1) is 10.1 Å². The summed E-state index contributed by atoms with van der Waals surface area (Å²) in [5.41, 5.74) is 1.50. The highest BCUT2D eigenvalue weighted by molar-refractivity contribution is 7.14. The van der Waals surface area contributed by atoms with Crippen LogP contribution in [0.1, 0.15) is 10.4 Å². The van der Waals surface area contributed by atoms with E-state index in [9.17, 15) is 14.9 Å². The number of nitro groups is 1. The highest BCUT2D eigenvalue weighted by atomic mass is 35.5. The zero-order chi connectivity index (χ0) is 17.1. The maximum absolute atomic E-state index is 12.2. The summed E-state index contributed by atoms with van der Waals surface area (Å²) in [5.74, 6) is -0.361. The molecule has 0 aliphatic heterocycles. The lowest BCUT2D eigenvalue weighted by molar-refractivity contribution is -0.384. The number of amides is 1. The molecule has 0 saturated heterocycles. The Labute approximate surface area is 145 Å². The van der Waals surface area contributed by atoms with E-state index in [1.54, 1.807) is 41.8 Å². The molecule has 24 heavy (non-hydrogen) atoms. The maximum atomic E-state index is 12.2. The second kappa shape index (κ2) is 6.77. The van der Waals surface area contributed by atoms with Gasteiger partial charge in [-0.25, -0.2) is 4.98 Å². The molecule has 120 valence electrons. The smallest absolute Gasteiger partial charge is 0.270 e. The fourth-order valence-corrected chi connectivity index (χ4v) is 2.99. The number of benzene rings is 2. The SMILES string of the molecule is O=C(Nc1nc(-c2cccc([N+](=O)[O-])c2)cs1)c1ccccc1Cl. The van der Waals surface area contributed by atoms with Crippen LogP contribution in [0.5, 0.6) is 0 Å². The molecule has 0 atom stereocenters. The van der Waals surface area contributed by atoms with Gasteiger partial charge in [-0.2, -0.15) is 0 Å². The number of rotatable bonds is 4. The number of non-ortho nitro benzene ring substituents is 1. The first-order chi connectivity index (χ1) is 11.5. The van der Waals surface area contributed by atoms with Crippen molar-refractivity contribution in [3.8, 4) is 11.3 Å². The number of nitro benzene ring substituents is 1. The Morgan fingerprint density at radius 2 is 2.00 bits per heavy atom. The van der Waals surface area contributed by atoms with E-state index in [2.05, 4.69) is 10.3 Å². The second-order valence-electron chi connectivity index (χ2n) is 4.78. The zero-order valence-corrected chi connectivity index (χ0v) is 13.7. The number of nitrogens with zero attached hydrogens (tertiary/aromatic N) is 2. The Hall–Kier alpha value is -2.77. The van der Waals surface area contributed by atoms with Crippen molar-refractivity contribution in [2.24, 2.45) is 0 Å². The maximum Gasteiger partial charge on any atom is 0.270 e. The van der Waals surface area contributed by atoms with Gasteiger partial charge < -0.3 is 0 Å². The Balaban J connectivity index is 1.81. The molecule has 8 heteroatoms. The molecule has 0 saturated carbocycles. The van der Waals surface area contributed by atoms with Crippen molar-refractivity contribution in [2.45, 2.75) is 0 Å². The van der Waals surface area contributed by atoms with Gasteiger partial charge in [-0.15, -0.1) is 11.3 Å². The summed E-state index contributed by atoms with van der Waals surface area (Å²) >= 11 is 7.22. The minimum atomic E-state index is -0.462. The van der Waals surface area contributed by atoms with Gasteiger partial charge in [0.25, 0.3) is 11.6 Å². The Bertz CT molecular complexity index is 926. The molecule has 0 radical (unpaired) electrons. The summed E-state index contributed by atoms with van der Waals surface area (Å²) in [6.07, 6.45) is 0. The van der Waals surface area contributed by atoms with E-state index in [0.29, 0.717) is 27.0 Å². The van der Waals surface area contributed by atoms with Crippen molar-refractivity contribution >= 4 is 39.7 Å². The first-order valence-corrected chi connectivity index (χ1v) is 8.06. The number of carbonyl (C=O) groups excluding carboxylic acids is 1. The van der Waals surface area contributed by atoms with Gasteiger partial charge in [-0.1, -0.05) is 35.9 Å². The minimum Gasteiger partial charge on any atom is -0.298 e. The number of hydrogen-bond acceptors (Lipinski definition) is 5. The highest BCUT2D eigenvalue weighted by Gasteiger charge is 2.13. The number of halogens is 1. The Morgan fingerprint density at radius 3 is 2.75 bits per heavy atom. The largest absolute Gasteiger partial charge is 0.298 e. The van der Waals surface area contributed by atoms with Crippen LogP contribution in [-0.2, 0) is 0 Å². The van der Waals surface area contributed by atoms with Crippen LogP contribution in [-0.4, -0.2) is 15.8 Å². The first kappa shape index (κ1) is 16.1. The number of carbonyl (C=O) groups is 1. The molecule has 2 aromatic carbocycles. The van der Waals surface area contributed by atoms with Gasteiger partial charge in [0.05, 0.1) is 21.2 Å². The molecule has 0 aliphatic rings. The lowest BCUT2D eigenvalue weighted by atomic mass is 10.1. The van der Waals surface area contributed by atoms with Gasteiger partial charge in [-0.3, -0.25) is 20.2 Å². The number of nitrogens with one attached hydrogen (secondary N) is 1. The molecule has 0 aliphatic carbocycles. The molecular weight excluding hydrogens is 350 g/mol. The summed E-state index contributed by atoms with van der Waals surface area (Å²) in [5, 5.41) is 16.0. The quantitative estimate of drug-likeness (QED) is 0.543. The third kappa shape index (κ3) is 3.42. The number of hydrogen-bond donors (Lipinski definition) is 1. The summed E-state index contributed by atoms with van der Waals surface area (Å²) in [6.45, 7) is 0. The zero-order valence-electron chi connectivity index (χ0n) is 12.1. The first-order valence-electron chi connectivity index (χ1n) is 6.81. The predicted molar refractivity (Wildman–Crippen MR) is 93.6 cm³/mol. The van der Waals surface area contributed by atoms with E-state index in [1.165, 1.54) is 23.5 Å². The molecule has 1 aromatic heterocycles. The van der Waals surface area contributed by atoms with Gasteiger partial charge in [-0.05, 0) is 12.1 Å². The molecule has 1 amide bonds. The number of thiazole rings is 1. The van der Waals surface area contributed by atoms with Gasteiger partial charge in [0.15, 0.2) is 5.13 Å². The van der Waals surface area contributed by atoms with Gasteiger partial charge in [0, 0.05) is 23.1 Å². The molecule has 3 rings (SSSR count). The van der Waals surface area contributed by atoms with Crippen LogP contribution >= 0.6 is 22.9 Å². The van der Waals surface area contributed by atoms with Crippen LogP contribution in [0.15, 0.2) is 53.9 Å². The Morgan fingerprint density at radius 1 is 1.21 bits per heavy atom. The standard InChI is InChI=1S/C16H10ClN3O3S/c17-13-7-2-1-6-12(13)15(21)19-16-18-14(9-24-16)10-4-3-5-11(8-10)20(22)23/h1-9H,(H,18,19,21). The number of anilines is 1. The molecular formula is C16H10ClN3O3S. The van der Waals surface area contributed by atoms with Gasteiger partial charge in [0.1, 0.15) is 0 Å². The van der Waals surface area contributed by atoms with Crippen molar-refractivity contribution in [1.82, 2.24) is 4.98 Å². The Kier molecular flexibility index (Phi) is 4.54. The third-order valence-corrected chi connectivity index (χ3v) is 4.28. The average molecular weight is 360 g/mol. The van der Waals surface area contributed by atoms with Gasteiger partial charge >= 0.3 is 0 Å². The van der Waals surface area contributed by atoms with Crippen LogP contribution in [0.4, 0.5) is 10.8 Å². The summed E-state index contributed by atoms with van der Waals surface area (Å²) < 4.78 is 0. The van der Waals surface area contributed by atoms with Crippen molar-refractivity contribution in [3.63, 3.8) is 0 Å². The molecule has 3 aromatic rings. The average Bonchev–Trinajstić information content (AvgIpc) is 3.04. The molecule has 0 spiro atoms. The van der Waals surface area contributed by atoms with Crippen LogP contribution in [0.2, 0.25) is 5.02 Å². The van der Waals surface area contributed by atoms with E-state index in [-0.39, 0.29) is 11.6 Å². The molecule has 0 unspecified atom stereocenters. The van der Waals surface area contributed by atoms with Crippen LogP contribution in [0.25, 0.3) is 11.3 Å². The molecule has 6 nitrogen and oxygen atoms in total. The lowest BCUT2D eigenvalue weighted by Crippen LogP contribution is -2.12. The normalized spacial score (nSPS) is 10.4. The molecule has 0 fully saturated rings. The van der Waals surface area contributed by atoms with Crippen molar-refractivity contribution in [3.05, 3.63) is 74.6 Å². The van der Waals surface area contributed by atoms with Crippen LogP contribution < -0.4 is 5.32 Å². The predicted octanol–water partition coefficient (Wildman–Crippen LogP) is 4.62. The molecule has 1 heterocycles. The van der Waals surface area contributed by atoms with E-state index in [0.717, 1.165) is 0 Å². The fraction of sp³-hybridized carbons (Fsp3) is 0. The summed E-state index contributed by atoms with van der Waals surface area (Å²) in [4.78, 5) is 26.9. The van der Waals surface area contributed by atoms with Crippen molar-refractivity contribution in [1.29, 1.82) is 0 Å². The topological polar surface area (TPSA) is 85.1 Å². The molecule has 0 bridgehead atoms. The monoisotopic (exact) mass is 359 g/mol. The lowest BCUT2D eigenvalue weighted by Gasteiger charge is -2.03. The summed E-state index contributed by atoms with van der Waals surface area (Å²) in [6, 6.07) is 12.9. The fourth-order valence-electron chi connectivity index (χ4n) is 2.05. The van der Waals surface area contributed by atoms with E-state index in [1.807, 2.05) is 0 Å². The minimum absolute atomic E-state index is 0.0119. The van der Waals surface area contributed by atoms with E-state index >= 15 is 0 Å². The highest BCUT2D eigenvalue weighted by Crippen LogP contribution is 2.28. The molecule has 1 N–H and O–H groups in total. The van der Waals surface area contributed by atoms with Gasteiger partial charge in [0.2, 0.25) is 0 Å². The van der Waals surface area contributed by atoms with E-state index in [4.69, 9.17) is 11.6 Å². The third-order valence-electron chi connectivity index (χ3n) is 3.20. The summed E-state index contributed by atoms with van der Waals surface area (Å²) in [7, 11) is 0. The second-order valence-corrected chi connectivity index (χ2v) is 6.04. The van der Waals surface area contributed by atoms with Crippen molar-refractivity contribution < 1.29 is 9.72 Å².